The lowest BCUT2D eigenvalue weighted by atomic mass is 10.1. The van der Waals surface area contributed by atoms with E-state index in [0.717, 1.165) is 22.9 Å². The van der Waals surface area contributed by atoms with Gasteiger partial charge in [-0.3, -0.25) is 0 Å². The first-order chi connectivity index (χ1) is 11.9. The quantitative estimate of drug-likeness (QED) is 0.688. The Labute approximate surface area is 145 Å². The normalized spacial score (nSPS) is 10.6. The van der Waals surface area contributed by atoms with E-state index in [1.54, 1.807) is 6.07 Å². The number of nitrogens with zero attached hydrogens (tertiary/aromatic N) is 2. The van der Waals surface area contributed by atoms with Gasteiger partial charge in [-0.05, 0) is 50.1 Å². The summed E-state index contributed by atoms with van der Waals surface area (Å²) < 4.78 is 26.8. The van der Waals surface area contributed by atoms with Crippen LogP contribution < -0.4 is 10.6 Å². The van der Waals surface area contributed by atoms with Gasteiger partial charge >= 0.3 is 0 Å². The summed E-state index contributed by atoms with van der Waals surface area (Å²) in [6.07, 6.45) is 0. The van der Waals surface area contributed by atoms with Gasteiger partial charge in [-0.1, -0.05) is 12.1 Å². The van der Waals surface area contributed by atoms with Gasteiger partial charge < -0.3 is 10.6 Å². The minimum absolute atomic E-state index is 0.115. The van der Waals surface area contributed by atoms with Crippen molar-refractivity contribution in [2.45, 2.75) is 20.8 Å². The van der Waals surface area contributed by atoms with Crippen LogP contribution in [-0.2, 0) is 0 Å². The molecule has 0 aliphatic rings. The van der Waals surface area contributed by atoms with E-state index in [1.807, 2.05) is 39.0 Å². The maximum Gasteiger partial charge on any atom is 0.229 e. The third kappa shape index (κ3) is 4.09. The van der Waals surface area contributed by atoms with E-state index in [-0.39, 0.29) is 11.6 Å². The van der Waals surface area contributed by atoms with E-state index >= 15 is 0 Å². The molecule has 0 saturated carbocycles. The molecule has 3 rings (SSSR count). The summed E-state index contributed by atoms with van der Waals surface area (Å²) in [5.74, 6) is -0.510. The number of aromatic nitrogens is 2. The fourth-order valence-corrected chi connectivity index (χ4v) is 2.41. The number of hydrogen-bond donors (Lipinski definition) is 2. The minimum atomic E-state index is -0.700. The van der Waals surface area contributed by atoms with Crippen molar-refractivity contribution in [2.75, 3.05) is 10.6 Å². The molecule has 128 valence electrons. The van der Waals surface area contributed by atoms with Crippen LogP contribution in [0.2, 0.25) is 0 Å². The SMILES string of the molecule is Cc1ccc(C)c(Nc2cc(C)nc(Nc3ccc(F)cc3F)n2)c1. The lowest BCUT2D eigenvalue weighted by Crippen LogP contribution is -2.04. The highest BCUT2D eigenvalue weighted by Crippen LogP contribution is 2.23. The number of nitrogens with one attached hydrogen (secondary N) is 2. The van der Waals surface area contributed by atoms with Crippen molar-refractivity contribution in [3.8, 4) is 0 Å². The molecule has 25 heavy (non-hydrogen) atoms. The molecule has 0 aliphatic heterocycles. The largest absolute Gasteiger partial charge is 0.340 e. The second kappa shape index (κ2) is 6.84. The van der Waals surface area contributed by atoms with Crippen molar-refractivity contribution in [2.24, 2.45) is 0 Å². The number of hydrogen-bond acceptors (Lipinski definition) is 4. The molecular weight excluding hydrogens is 322 g/mol. The predicted octanol–water partition coefficient (Wildman–Crippen LogP) is 5.17. The number of benzene rings is 2. The van der Waals surface area contributed by atoms with Crippen LogP contribution in [0.15, 0.2) is 42.5 Å². The molecule has 2 aromatic carbocycles. The molecule has 0 saturated heterocycles. The number of halogens is 2. The Bertz CT molecular complexity index is 925. The average molecular weight is 340 g/mol. The van der Waals surface area contributed by atoms with Gasteiger partial charge in [0.05, 0.1) is 5.69 Å². The Kier molecular flexibility index (Phi) is 4.61. The van der Waals surface area contributed by atoms with E-state index in [2.05, 4.69) is 20.6 Å². The van der Waals surface area contributed by atoms with Crippen molar-refractivity contribution in [1.29, 1.82) is 0 Å². The van der Waals surface area contributed by atoms with Crippen LogP contribution in [0.4, 0.5) is 31.9 Å². The first-order valence-corrected chi connectivity index (χ1v) is 7.83. The highest BCUT2D eigenvalue weighted by atomic mass is 19.1. The van der Waals surface area contributed by atoms with Crippen LogP contribution in [0.25, 0.3) is 0 Å². The summed E-state index contributed by atoms with van der Waals surface area (Å²) in [7, 11) is 0. The van der Waals surface area contributed by atoms with Gasteiger partial charge in [0.1, 0.15) is 17.5 Å². The van der Waals surface area contributed by atoms with E-state index < -0.39 is 11.6 Å². The Morgan fingerprint density at radius 1 is 0.800 bits per heavy atom. The van der Waals surface area contributed by atoms with Gasteiger partial charge in [0.25, 0.3) is 0 Å². The highest BCUT2D eigenvalue weighted by molar-refractivity contribution is 5.63. The third-order valence-corrected chi connectivity index (χ3v) is 3.69. The van der Waals surface area contributed by atoms with E-state index in [4.69, 9.17) is 0 Å². The van der Waals surface area contributed by atoms with Gasteiger partial charge in [0.2, 0.25) is 5.95 Å². The lowest BCUT2D eigenvalue weighted by molar-refractivity contribution is 0.586. The summed E-state index contributed by atoms with van der Waals surface area (Å²) >= 11 is 0. The van der Waals surface area contributed by atoms with Gasteiger partial charge in [-0.15, -0.1) is 0 Å². The molecular formula is C19H18F2N4. The molecule has 1 aromatic heterocycles. The summed E-state index contributed by atoms with van der Waals surface area (Å²) in [6.45, 7) is 5.84. The Morgan fingerprint density at radius 2 is 1.60 bits per heavy atom. The van der Waals surface area contributed by atoms with Crippen LogP contribution in [0, 0.1) is 32.4 Å². The molecule has 0 aliphatic carbocycles. The fourth-order valence-electron chi connectivity index (χ4n) is 2.41. The zero-order valence-electron chi connectivity index (χ0n) is 14.2. The summed E-state index contributed by atoms with van der Waals surface area (Å²) in [6, 6.07) is 11.2. The second-order valence-electron chi connectivity index (χ2n) is 5.91. The number of rotatable bonds is 4. The third-order valence-electron chi connectivity index (χ3n) is 3.69. The monoisotopic (exact) mass is 340 g/mol. The van der Waals surface area contributed by atoms with Crippen LogP contribution >= 0.6 is 0 Å². The van der Waals surface area contributed by atoms with Crippen LogP contribution in [0.5, 0.6) is 0 Å². The first kappa shape index (κ1) is 16.8. The molecule has 1 heterocycles. The number of anilines is 4. The second-order valence-corrected chi connectivity index (χ2v) is 5.91. The number of aryl methyl sites for hydroxylation is 3. The molecule has 0 spiro atoms. The van der Waals surface area contributed by atoms with Gasteiger partial charge in [-0.25, -0.2) is 13.8 Å². The van der Waals surface area contributed by atoms with Crippen molar-refractivity contribution >= 4 is 23.1 Å². The molecule has 0 atom stereocenters. The standard InChI is InChI=1S/C19H18F2N4/c1-11-4-5-12(2)17(8-11)23-18-9-13(3)22-19(25-18)24-16-7-6-14(20)10-15(16)21/h4-10H,1-3H3,(H2,22,23,24,25). The molecule has 6 heteroatoms. The summed E-state index contributed by atoms with van der Waals surface area (Å²) in [5.41, 5.74) is 3.99. The Morgan fingerprint density at radius 3 is 2.36 bits per heavy atom. The molecule has 3 aromatic rings. The zero-order valence-corrected chi connectivity index (χ0v) is 14.2. The Balaban J connectivity index is 1.89. The Hall–Kier alpha value is -3.02. The van der Waals surface area contributed by atoms with E-state index in [9.17, 15) is 8.78 Å². The van der Waals surface area contributed by atoms with Crippen LogP contribution in [0.1, 0.15) is 16.8 Å². The maximum atomic E-state index is 13.8. The van der Waals surface area contributed by atoms with Gasteiger partial charge in [0.15, 0.2) is 0 Å². The molecule has 2 N–H and O–H groups in total. The topological polar surface area (TPSA) is 49.8 Å². The maximum absolute atomic E-state index is 13.8. The molecule has 4 nitrogen and oxygen atoms in total. The summed E-state index contributed by atoms with van der Waals surface area (Å²) in [4.78, 5) is 8.62. The molecule has 0 radical (unpaired) electrons. The molecule has 0 amide bonds. The first-order valence-electron chi connectivity index (χ1n) is 7.83. The van der Waals surface area contributed by atoms with Crippen LogP contribution in [-0.4, -0.2) is 9.97 Å². The van der Waals surface area contributed by atoms with Crippen molar-refractivity contribution in [1.82, 2.24) is 9.97 Å². The summed E-state index contributed by atoms with van der Waals surface area (Å²) in [5, 5.41) is 6.05. The fraction of sp³-hybridized carbons (Fsp3) is 0.158. The lowest BCUT2D eigenvalue weighted by Gasteiger charge is -2.12. The molecule has 0 unspecified atom stereocenters. The van der Waals surface area contributed by atoms with E-state index in [1.165, 1.54) is 12.1 Å². The smallest absolute Gasteiger partial charge is 0.229 e. The van der Waals surface area contributed by atoms with E-state index in [0.29, 0.717) is 11.5 Å². The van der Waals surface area contributed by atoms with Gasteiger partial charge in [-0.2, -0.15) is 4.98 Å². The highest BCUT2D eigenvalue weighted by Gasteiger charge is 2.08. The van der Waals surface area contributed by atoms with Crippen molar-refractivity contribution in [3.05, 3.63) is 70.9 Å². The predicted molar refractivity (Wildman–Crippen MR) is 95.6 cm³/mol. The zero-order chi connectivity index (χ0) is 18.0. The van der Waals surface area contributed by atoms with Gasteiger partial charge in [0, 0.05) is 23.5 Å². The van der Waals surface area contributed by atoms with Crippen LogP contribution in [0.3, 0.4) is 0 Å². The molecule has 0 fully saturated rings. The van der Waals surface area contributed by atoms with Crippen molar-refractivity contribution in [3.63, 3.8) is 0 Å². The molecule has 0 bridgehead atoms. The average Bonchev–Trinajstić information content (AvgIpc) is 2.53. The van der Waals surface area contributed by atoms with Crippen molar-refractivity contribution < 1.29 is 8.78 Å². The minimum Gasteiger partial charge on any atom is -0.340 e.